The van der Waals surface area contributed by atoms with Crippen molar-refractivity contribution in [2.45, 2.75) is 32.7 Å². The van der Waals surface area contributed by atoms with Crippen LogP contribution in [-0.4, -0.2) is 11.5 Å². The van der Waals surface area contributed by atoms with Gasteiger partial charge in [-0.05, 0) is 48.7 Å². The van der Waals surface area contributed by atoms with Gasteiger partial charge < -0.3 is 10.3 Å². The monoisotopic (exact) mass is 270 g/mol. The molecule has 0 saturated heterocycles. The number of H-pyrrole nitrogens is 1. The van der Waals surface area contributed by atoms with E-state index in [1.54, 1.807) is 0 Å². The molecule has 3 heteroatoms. The van der Waals surface area contributed by atoms with E-state index in [1.807, 2.05) is 30.3 Å². The fourth-order valence-corrected chi connectivity index (χ4v) is 3.25. The minimum absolute atomic E-state index is 0.0241. The molecule has 3 nitrogen and oxygen atoms in total. The molecular weight excluding hydrogens is 248 g/mol. The van der Waals surface area contributed by atoms with E-state index in [4.69, 9.17) is 0 Å². The second kappa shape index (κ2) is 5.80. The van der Waals surface area contributed by atoms with Gasteiger partial charge in [0.25, 0.3) is 5.56 Å². The SMILES string of the molecule is CC1CCC(CNCc2cc3ccccc3[nH]c2=O)C1. The summed E-state index contributed by atoms with van der Waals surface area (Å²) in [7, 11) is 0. The Morgan fingerprint density at radius 1 is 1.30 bits per heavy atom. The molecule has 1 aromatic carbocycles. The minimum atomic E-state index is 0.0241. The molecular formula is C17H22N2O. The molecule has 0 radical (unpaired) electrons. The zero-order chi connectivity index (χ0) is 13.9. The van der Waals surface area contributed by atoms with Crippen LogP contribution in [0.15, 0.2) is 35.1 Å². The molecule has 2 N–H and O–H groups in total. The Morgan fingerprint density at radius 3 is 2.95 bits per heavy atom. The van der Waals surface area contributed by atoms with E-state index in [9.17, 15) is 4.79 Å². The predicted octanol–water partition coefficient (Wildman–Crippen LogP) is 3.05. The first-order chi connectivity index (χ1) is 9.72. The van der Waals surface area contributed by atoms with Crippen molar-refractivity contribution in [1.82, 2.24) is 10.3 Å². The highest BCUT2D eigenvalue weighted by Gasteiger charge is 2.20. The first-order valence-corrected chi connectivity index (χ1v) is 7.54. The summed E-state index contributed by atoms with van der Waals surface area (Å²) in [5.74, 6) is 1.65. The molecule has 1 fully saturated rings. The van der Waals surface area contributed by atoms with Crippen molar-refractivity contribution in [2.75, 3.05) is 6.54 Å². The van der Waals surface area contributed by atoms with Crippen LogP contribution in [0.4, 0.5) is 0 Å². The van der Waals surface area contributed by atoms with Crippen molar-refractivity contribution >= 4 is 10.9 Å². The summed E-state index contributed by atoms with van der Waals surface area (Å²) in [6.45, 7) is 4.01. The largest absolute Gasteiger partial charge is 0.322 e. The van der Waals surface area contributed by atoms with Crippen LogP contribution < -0.4 is 10.9 Å². The van der Waals surface area contributed by atoms with Gasteiger partial charge in [-0.2, -0.15) is 0 Å². The number of aromatic nitrogens is 1. The summed E-state index contributed by atoms with van der Waals surface area (Å²) in [6, 6.07) is 9.91. The van der Waals surface area contributed by atoms with Crippen LogP contribution in [0.25, 0.3) is 10.9 Å². The fourth-order valence-electron chi connectivity index (χ4n) is 3.25. The predicted molar refractivity (Wildman–Crippen MR) is 82.8 cm³/mol. The molecule has 1 heterocycles. The molecule has 1 aliphatic carbocycles. The molecule has 2 atom stereocenters. The number of fused-ring (bicyclic) bond motifs is 1. The molecule has 0 spiro atoms. The number of hydrogen-bond donors (Lipinski definition) is 2. The fraction of sp³-hybridized carbons (Fsp3) is 0.471. The van der Waals surface area contributed by atoms with Crippen LogP contribution in [0, 0.1) is 11.8 Å². The van der Waals surface area contributed by atoms with E-state index in [0.29, 0.717) is 6.54 Å². The molecule has 106 valence electrons. The molecule has 0 aliphatic heterocycles. The average molecular weight is 270 g/mol. The standard InChI is InChI=1S/C17H22N2O/c1-12-6-7-13(8-12)10-18-11-15-9-14-4-2-3-5-16(14)19-17(15)20/h2-5,9,12-13,18H,6-8,10-11H2,1H3,(H,19,20). The molecule has 1 aliphatic rings. The second-order valence-corrected chi connectivity index (χ2v) is 6.13. The number of rotatable bonds is 4. The lowest BCUT2D eigenvalue weighted by Crippen LogP contribution is -2.25. The van der Waals surface area contributed by atoms with Crippen molar-refractivity contribution in [3.63, 3.8) is 0 Å². The summed E-state index contributed by atoms with van der Waals surface area (Å²) >= 11 is 0. The molecule has 3 rings (SSSR count). The minimum Gasteiger partial charge on any atom is -0.322 e. The number of para-hydroxylation sites is 1. The molecule has 2 aromatic rings. The van der Waals surface area contributed by atoms with Crippen LogP contribution in [0.3, 0.4) is 0 Å². The quantitative estimate of drug-likeness (QED) is 0.897. The number of pyridine rings is 1. The Bertz CT molecular complexity index is 647. The van der Waals surface area contributed by atoms with Crippen LogP contribution in [0.5, 0.6) is 0 Å². The highest BCUT2D eigenvalue weighted by atomic mass is 16.1. The topological polar surface area (TPSA) is 44.9 Å². The smallest absolute Gasteiger partial charge is 0.252 e. The van der Waals surface area contributed by atoms with E-state index in [-0.39, 0.29) is 5.56 Å². The number of aromatic amines is 1. The molecule has 0 bridgehead atoms. The van der Waals surface area contributed by atoms with Gasteiger partial charge in [-0.15, -0.1) is 0 Å². The lowest BCUT2D eigenvalue weighted by Gasteiger charge is -2.11. The summed E-state index contributed by atoms with van der Waals surface area (Å²) in [5.41, 5.74) is 1.76. The van der Waals surface area contributed by atoms with Gasteiger partial charge in [0.05, 0.1) is 0 Å². The summed E-state index contributed by atoms with van der Waals surface area (Å²) in [5, 5.41) is 4.55. The summed E-state index contributed by atoms with van der Waals surface area (Å²) in [6.07, 6.45) is 3.99. The first kappa shape index (κ1) is 13.4. The van der Waals surface area contributed by atoms with Crippen molar-refractivity contribution < 1.29 is 0 Å². The number of hydrogen-bond acceptors (Lipinski definition) is 2. The van der Waals surface area contributed by atoms with Gasteiger partial charge >= 0.3 is 0 Å². The molecule has 2 unspecified atom stereocenters. The van der Waals surface area contributed by atoms with Gasteiger partial charge in [0.2, 0.25) is 0 Å². The number of nitrogens with one attached hydrogen (secondary N) is 2. The Kier molecular flexibility index (Phi) is 3.88. The van der Waals surface area contributed by atoms with Gasteiger partial charge in [-0.3, -0.25) is 4.79 Å². The van der Waals surface area contributed by atoms with Crippen molar-refractivity contribution in [3.8, 4) is 0 Å². The van der Waals surface area contributed by atoms with Gasteiger partial charge in [0, 0.05) is 17.6 Å². The summed E-state index contributed by atoms with van der Waals surface area (Å²) < 4.78 is 0. The zero-order valence-electron chi connectivity index (χ0n) is 12.0. The Balaban J connectivity index is 1.65. The van der Waals surface area contributed by atoms with Crippen LogP contribution in [0.1, 0.15) is 31.7 Å². The van der Waals surface area contributed by atoms with Crippen molar-refractivity contribution in [2.24, 2.45) is 11.8 Å². The first-order valence-electron chi connectivity index (χ1n) is 7.54. The normalized spacial score (nSPS) is 22.4. The van der Waals surface area contributed by atoms with Gasteiger partial charge in [0.1, 0.15) is 0 Å². The average Bonchev–Trinajstić information content (AvgIpc) is 2.85. The van der Waals surface area contributed by atoms with E-state index in [2.05, 4.69) is 17.2 Å². The third-order valence-electron chi connectivity index (χ3n) is 4.38. The Labute approximate surface area is 119 Å². The maximum Gasteiger partial charge on any atom is 0.252 e. The third kappa shape index (κ3) is 2.93. The van der Waals surface area contributed by atoms with Crippen LogP contribution in [-0.2, 0) is 6.54 Å². The van der Waals surface area contributed by atoms with Crippen LogP contribution >= 0.6 is 0 Å². The van der Waals surface area contributed by atoms with E-state index >= 15 is 0 Å². The zero-order valence-corrected chi connectivity index (χ0v) is 12.0. The van der Waals surface area contributed by atoms with Crippen molar-refractivity contribution in [3.05, 3.63) is 46.2 Å². The lowest BCUT2D eigenvalue weighted by atomic mass is 10.1. The number of benzene rings is 1. The highest BCUT2D eigenvalue weighted by molar-refractivity contribution is 5.78. The molecule has 0 amide bonds. The van der Waals surface area contributed by atoms with Gasteiger partial charge in [0.15, 0.2) is 0 Å². The molecule has 1 aromatic heterocycles. The molecule has 1 saturated carbocycles. The highest BCUT2D eigenvalue weighted by Crippen LogP contribution is 2.29. The maximum atomic E-state index is 12.0. The lowest BCUT2D eigenvalue weighted by molar-refractivity contribution is 0.470. The Morgan fingerprint density at radius 2 is 2.15 bits per heavy atom. The Hall–Kier alpha value is -1.61. The third-order valence-corrected chi connectivity index (χ3v) is 4.38. The maximum absolute atomic E-state index is 12.0. The van der Waals surface area contributed by atoms with E-state index in [0.717, 1.165) is 34.8 Å². The van der Waals surface area contributed by atoms with E-state index < -0.39 is 0 Å². The second-order valence-electron chi connectivity index (χ2n) is 6.13. The summed E-state index contributed by atoms with van der Waals surface area (Å²) in [4.78, 5) is 15.0. The van der Waals surface area contributed by atoms with Crippen molar-refractivity contribution in [1.29, 1.82) is 0 Å². The van der Waals surface area contributed by atoms with E-state index in [1.165, 1.54) is 19.3 Å². The molecule has 20 heavy (non-hydrogen) atoms. The van der Waals surface area contributed by atoms with Crippen LogP contribution in [0.2, 0.25) is 0 Å². The van der Waals surface area contributed by atoms with Gasteiger partial charge in [-0.1, -0.05) is 31.5 Å². The van der Waals surface area contributed by atoms with Gasteiger partial charge in [-0.25, -0.2) is 0 Å².